The van der Waals surface area contributed by atoms with Gasteiger partial charge in [0.25, 0.3) is 5.91 Å². The van der Waals surface area contributed by atoms with Crippen molar-refractivity contribution in [2.45, 2.75) is 33.0 Å². The number of hydrogen-bond acceptors (Lipinski definition) is 3. The molecule has 4 heteroatoms. The second kappa shape index (κ2) is 5.68. The summed E-state index contributed by atoms with van der Waals surface area (Å²) in [6.07, 6.45) is -0.871. The number of carbonyl (C=O) groups excluding carboxylic acids is 1. The van der Waals surface area contributed by atoms with E-state index in [1.54, 1.807) is 31.3 Å². The van der Waals surface area contributed by atoms with Crippen LogP contribution in [0.25, 0.3) is 0 Å². The molecule has 0 aromatic heterocycles. The second-order valence-corrected chi connectivity index (χ2v) is 4.23. The highest BCUT2D eigenvalue weighted by Crippen LogP contribution is 2.19. The number of aliphatic hydroxyl groups excluding tert-OH is 1. The standard InChI is InChI=1S/C13H19NO3/c1-9(2)17-12-7-5-11(6-8-12)14(4)13(16)10(3)15/h5-10,15H,1-4H3. The van der Waals surface area contributed by atoms with Crippen LogP contribution in [0.5, 0.6) is 5.75 Å². The van der Waals surface area contributed by atoms with Gasteiger partial charge in [0.05, 0.1) is 6.10 Å². The number of benzene rings is 1. The van der Waals surface area contributed by atoms with Gasteiger partial charge in [0, 0.05) is 12.7 Å². The largest absolute Gasteiger partial charge is 0.491 e. The van der Waals surface area contributed by atoms with Crippen LogP contribution in [0.4, 0.5) is 5.69 Å². The summed E-state index contributed by atoms with van der Waals surface area (Å²) in [5.74, 6) is 0.434. The van der Waals surface area contributed by atoms with Crippen molar-refractivity contribution >= 4 is 11.6 Å². The third-order valence-electron chi connectivity index (χ3n) is 2.28. The SMILES string of the molecule is CC(C)Oc1ccc(N(C)C(=O)C(C)O)cc1. The third-order valence-corrected chi connectivity index (χ3v) is 2.28. The Kier molecular flexibility index (Phi) is 4.52. The monoisotopic (exact) mass is 237 g/mol. The number of hydrogen-bond donors (Lipinski definition) is 1. The topological polar surface area (TPSA) is 49.8 Å². The van der Waals surface area contributed by atoms with Gasteiger partial charge in [0.15, 0.2) is 0 Å². The van der Waals surface area contributed by atoms with Crippen molar-refractivity contribution in [1.82, 2.24) is 0 Å². The van der Waals surface area contributed by atoms with Crippen molar-refractivity contribution in [3.8, 4) is 5.75 Å². The molecule has 0 aliphatic carbocycles. The molecule has 94 valence electrons. The summed E-state index contributed by atoms with van der Waals surface area (Å²) in [4.78, 5) is 13.0. The quantitative estimate of drug-likeness (QED) is 0.869. The summed E-state index contributed by atoms with van der Waals surface area (Å²) < 4.78 is 5.50. The van der Waals surface area contributed by atoms with E-state index in [-0.39, 0.29) is 12.0 Å². The maximum absolute atomic E-state index is 11.6. The lowest BCUT2D eigenvalue weighted by Gasteiger charge is -2.19. The summed E-state index contributed by atoms with van der Waals surface area (Å²) in [5, 5.41) is 9.21. The smallest absolute Gasteiger partial charge is 0.255 e. The molecule has 1 rings (SSSR count). The maximum Gasteiger partial charge on any atom is 0.255 e. The van der Waals surface area contributed by atoms with Gasteiger partial charge in [-0.25, -0.2) is 0 Å². The van der Waals surface area contributed by atoms with E-state index in [1.165, 1.54) is 11.8 Å². The fourth-order valence-electron chi connectivity index (χ4n) is 1.43. The van der Waals surface area contributed by atoms with Gasteiger partial charge in [-0.1, -0.05) is 0 Å². The van der Waals surface area contributed by atoms with Gasteiger partial charge < -0.3 is 14.7 Å². The van der Waals surface area contributed by atoms with Crippen LogP contribution in [0.1, 0.15) is 20.8 Å². The number of rotatable bonds is 4. The average molecular weight is 237 g/mol. The predicted octanol–water partition coefficient (Wildman–Crippen LogP) is 1.82. The van der Waals surface area contributed by atoms with E-state index in [9.17, 15) is 9.90 Å². The molecule has 0 saturated heterocycles. The number of carbonyl (C=O) groups is 1. The van der Waals surface area contributed by atoms with Gasteiger partial charge in [-0.15, -0.1) is 0 Å². The number of anilines is 1. The molecule has 0 radical (unpaired) electrons. The van der Waals surface area contributed by atoms with E-state index in [0.717, 1.165) is 11.4 Å². The molecule has 17 heavy (non-hydrogen) atoms. The average Bonchev–Trinajstić information content (AvgIpc) is 2.27. The Labute approximate surface area is 102 Å². The fraction of sp³-hybridized carbons (Fsp3) is 0.462. The highest BCUT2D eigenvalue weighted by atomic mass is 16.5. The number of likely N-dealkylation sites (N-methyl/N-ethyl adjacent to an activating group) is 1. The maximum atomic E-state index is 11.6. The van der Waals surface area contributed by atoms with Crippen molar-refractivity contribution in [1.29, 1.82) is 0 Å². The predicted molar refractivity (Wildman–Crippen MR) is 67.3 cm³/mol. The van der Waals surface area contributed by atoms with E-state index >= 15 is 0 Å². The molecular weight excluding hydrogens is 218 g/mol. The van der Waals surface area contributed by atoms with Crippen molar-refractivity contribution in [2.75, 3.05) is 11.9 Å². The first-order chi connectivity index (χ1) is 7.91. The van der Waals surface area contributed by atoms with Crippen LogP contribution in [-0.4, -0.2) is 30.3 Å². The molecule has 1 unspecified atom stereocenters. The van der Waals surface area contributed by atoms with Crippen LogP contribution in [-0.2, 0) is 4.79 Å². The van der Waals surface area contributed by atoms with E-state index in [1.807, 2.05) is 13.8 Å². The highest BCUT2D eigenvalue weighted by molar-refractivity contribution is 5.95. The third kappa shape index (κ3) is 3.75. The molecular formula is C13H19NO3. The zero-order valence-corrected chi connectivity index (χ0v) is 10.7. The first-order valence-electron chi connectivity index (χ1n) is 5.64. The lowest BCUT2D eigenvalue weighted by Crippen LogP contribution is -2.34. The van der Waals surface area contributed by atoms with Crippen LogP contribution >= 0.6 is 0 Å². The van der Waals surface area contributed by atoms with Crippen LogP contribution in [0, 0.1) is 0 Å². The molecule has 1 amide bonds. The lowest BCUT2D eigenvalue weighted by atomic mass is 10.2. The van der Waals surface area contributed by atoms with Crippen LogP contribution in [0.2, 0.25) is 0 Å². The Hall–Kier alpha value is -1.55. The molecule has 0 bridgehead atoms. The van der Waals surface area contributed by atoms with E-state index in [2.05, 4.69) is 0 Å². The minimum Gasteiger partial charge on any atom is -0.491 e. The van der Waals surface area contributed by atoms with Crippen LogP contribution in [0.3, 0.4) is 0 Å². The minimum atomic E-state index is -0.994. The normalized spacial score (nSPS) is 12.4. The molecule has 1 N–H and O–H groups in total. The zero-order valence-electron chi connectivity index (χ0n) is 10.7. The Morgan fingerprint density at radius 2 is 1.76 bits per heavy atom. The number of aliphatic hydroxyl groups is 1. The van der Waals surface area contributed by atoms with Gasteiger partial charge in [-0.05, 0) is 45.0 Å². The van der Waals surface area contributed by atoms with Crippen molar-refractivity contribution in [3.63, 3.8) is 0 Å². The molecule has 0 spiro atoms. The summed E-state index contributed by atoms with van der Waals surface area (Å²) in [6, 6.07) is 7.19. The number of ether oxygens (including phenoxy) is 1. The second-order valence-electron chi connectivity index (χ2n) is 4.23. The molecule has 0 aliphatic heterocycles. The Morgan fingerprint density at radius 3 is 2.18 bits per heavy atom. The van der Waals surface area contributed by atoms with Gasteiger partial charge in [0.1, 0.15) is 11.9 Å². The number of amides is 1. The van der Waals surface area contributed by atoms with Crippen molar-refractivity contribution in [2.24, 2.45) is 0 Å². The summed E-state index contributed by atoms with van der Waals surface area (Å²) >= 11 is 0. The number of nitrogens with zero attached hydrogens (tertiary/aromatic N) is 1. The fourth-order valence-corrected chi connectivity index (χ4v) is 1.43. The Morgan fingerprint density at radius 1 is 1.24 bits per heavy atom. The minimum absolute atomic E-state index is 0.123. The summed E-state index contributed by atoms with van der Waals surface area (Å²) in [5.41, 5.74) is 0.729. The van der Waals surface area contributed by atoms with E-state index < -0.39 is 6.10 Å². The molecule has 1 atom stereocenters. The Bertz CT molecular complexity index is 371. The van der Waals surface area contributed by atoms with Gasteiger partial charge in [-0.3, -0.25) is 4.79 Å². The zero-order chi connectivity index (χ0) is 13.0. The van der Waals surface area contributed by atoms with Gasteiger partial charge in [-0.2, -0.15) is 0 Å². The molecule has 0 heterocycles. The van der Waals surface area contributed by atoms with Crippen molar-refractivity contribution in [3.05, 3.63) is 24.3 Å². The van der Waals surface area contributed by atoms with Gasteiger partial charge >= 0.3 is 0 Å². The molecule has 4 nitrogen and oxygen atoms in total. The molecule has 0 saturated carbocycles. The van der Waals surface area contributed by atoms with E-state index in [4.69, 9.17) is 4.74 Å². The molecule has 1 aromatic carbocycles. The van der Waals surface area contributed by atoms with Crippen molar-refractivity contribution < 1.29 is 14.6 Å². The summed E-state index contributed by atoms with van der Waals surface area (Å²) in [6.45, 7) is 5.36. The first-order valence-corrected chi connectivity index (χ1v) is 5.64. The highest BCUT2D eigenvalue weighted by Gasteiger charge is 2.15. The van der Waals surface area contributed by atoms with Gasteiger partial charge in [0.2, 0.25) is 0 Å². The summed E-state index contributed by atoms with van der Waals surface area (Å²) in [7, 11) is 1.63. The van der Waals surface area contributed by atoms with Crippen LogP contribution < -0.4 is 9.64 Å². The van der Waals surface area contributed by atoms with E-state index in [0.29, 0.717) is 0 Å². The lowest BCUT2D eigenvalue weighted by molar-refractivity contribution is -0.125. The molecule has 0 fully saturated rings. The van der Waals surface area contributed by atoms with Crippen LogP contribution in [0.15, 0.2) is 24.3 Å². The molecule has 0 aliphatic rings. The first kappa shape index (κ1) is 13.5. The molecule has 1 aromatic rings. The Balaban J connectivity index is 2.77.